The number of benzene rings is 2. The number of hydrogen-bond donors (Lipinski definition) is 3. The summed E-state index contributed by atoms with van der Waals surface area (Å²) in [6.07, 6.45) is -0.613. The fourth-order valence-corrected chi connectivity index (χ4v) is 6.07. The van der Waals surface area contributed by atoms with Crippen LogP contribution >= 0.6 is 0 Å². The van der Waals surface area contributed by atoms with Crippen molar-refractivity contribution in [2.45, 2.75) is 30.0 Å². The van der Waals surface area contributed by atoms with Crippen LogP contribution in [-0.2, 0) is 26.9 Å². The molecule has 14 heteroatoms. The Morgan fingerprint density at radius 2 is 1.88 bits per heavy atom. The third-order valence-electron chi connectivity index (χ3n) is 7.49. The molecule has 2 aromatic carbocycles. The van der Waals surface area contributed by atoms with Crippen LogP contribution in [0.15, 0.2) is 48.5 Å². The summed E-state index contributed by atoms with van der Waals surface area (Å²) in [5.41, 5.74) is -4.16. The van der Waals surface area contributed by atoms with Gasteiger partial charge in [-0.25, -0.2) is 4.79 Å². The van der Waals surface area contributed by atoms with Gasteiger partial charge in [-0.3, -0.25) is 9.80 Å². The number of H-pyrrole nitrogens is 1. The van der Waals surface area contributed by atoms with E-state index in [1.54, 1.807) is 0 Å². The van der Waals surface area contributed by atoms with Gasteiger partial charge >= 0.3 is 21.6 Å². The molecule has 216 valence electrons. The highest BCUT2D eigenvalue weighted by atomic mass is 32.2. The minimum atomic E-state index is -5.83. The molecule has 0 radical (unpaired) electrons. The molecular weight excluding hydrogens is 555 g/mol. The SMILES string of the molecule is O=C(O)[C@H](O)CN1CCc2c([nH]c3ccc(OS(=O)(=O)C(F)(F)F)cc23)C12CCN(CCOc1ccccc1)C2. The number of β-amino-alcohol motifs (C(OH)–C–C–N with tert-alkyl or cyclic N) is 1. The highest BCUT2D eigenvalue weighted by Crippen LogP contribution is 2.45. The van der Waals surface area contributed by atoms with Gasteiger partial charge in [-0.05, 0) is 48.7 Å². The van der Waals surface area contributed by atoms with E-state index in [1.807, 2.05) is 35.2 Å². The summed E-state index contributed by atoms with van der Waals surface area (Å²) in [6, 6.07) is 13.2. The Morgan fingerprint density at radius 1 is 1.12 bits per heavy atom. The molecular formula is C26H28F3N3O7S. The first-order valence-electron chi connectivity index (χ1n) is 12.6. The maximum absolute atomic E-state index is 12.9. The van der Waals surface area contributed by atoms with Crippen LogP contribution in [0.5, 0.6) is 11.5 Å². The summed E-state index contributed by atoms with van der Waals surface area (Å²) in [6.45, 7) is 2.43. The molecule has 40 heavy (non-hydrogen) atoms. The molecule has 1 fully saturated rings. The smallest absolute Gasteiger partial charge is 0.492 e. The standard InChI is InChI=1S/C26H28F3N3O7S/c27-26(28,29)40(36,37)39-18-6-7-21-20(14-18)19-8-10-32(15-22(33)24(34)35)25(23(19)30-21)9-11-31(16-25)12-13-38-17-4-2-1-3-5-17/h1-7,14,22,30,33H,8-13,15-16H2,(H,34,35)/t22-,25?/m1/s1. The number of aliphatic hydroxyl groups excluding tert-OH is 1. The molecule has 3 N–H and O–H groups in total. The first-order valence-corrected chi connectivity index (χ1v) is 14.0. The van der Waals surface area contributed by atoms with Crippen LogP contribution in [0.4, 0.5) is 13.2 Å². The normalized spacial score (nSPS) is 21.0. The van der Waals surface area contributed by atoms with Crippen LogP contribution < -0.4 is 8.92 Å². The van der Waals surface area contributed by atoms with Gasteiger partial charge in [-0.15, -0.1) is 0 Å². The van der Waals surface area contributed by atoms with Crippen LogP contribution in [0.25, 0.3) is 10.9 Å². The summed E-state index contributed by atoms with van der Waals surface area (Å²) in [5, 5.41) is 20.1. The molecule has 1 unspecified atom stereocenters. The third-order valence-corrected chi connectivity index (χ3v) is 8.47. The maximum atomic E-state index is 12.9. The number of fused-ring (bicyclic) bond motifs is 4. The highest BCUT2D eigenvalue weighted by Gasteiger charge is 2.50. The van der Waals surface area contributed by atoms with Crippen molar-refractivity contribution in [1.29, 1.82) is 0 Å². The number of aromatic amines is 1. The molecule has 2 atom stereocenters. The zero-order valence-electron chi connectivity index (χ0n) is 21.2. The minimum absolute atomic E-state index is 0.114. The quantitative estimate of drug-likeness (QED) is 0.257. The topological polar surface area (TPSA) is 132 Å². The number of alkyl halides is 3. The van der Waals surface area contributed by atoms with Crippen LogP contribution in [-0.4, -0.2) is 90.3 Å². The van der Waals surface area contributed by atoms with E-state index in [4.69, 9.17) is 4.74 Å². The van der Waals surface area contributed by atoms with Crippen molar-refractivity contribution in [2.24, 2.45) is 0 Å². The van der Waals surface area contributed by atoms with Gasteiger partial charge in [0.05, 0.1) is 5.54 Å². The number of carboxylic acid groups (broad SMARTS) is 1. The van der Waals surface area contributed by atoms with Gasteiger partial charge in [0.2, 0.25) is 0 Å². The number of nitrogens with zero attached hydrogens (tertiary/aromatic N) is 2. The van der Waals surface area contributed by atoms with Crippen LogP contribution in [0, 0.1) is 0 Å². The lowest BCUT2D eigenvalue weighted by molar-refractivity contribution is -0.148. The van der Waals surface area contributed by atoms with Gasteiger partial charge in [0.15, 0.2) is 6.10 Å². The summed E-state index contributed by atoms with van der Waals surface area (Å²) < 4.78 is 71.9. The van der Waals surface area contributed by atoms with Gasteiger partial charge in [0, 0.05) is 49.3 Å². The molecule has 2 aliphatic heterocycles. The second kappa shape index (κ2) is 10.6. The molecule has 10 nitrogen and oxygen atoms in total. The van der Waals surface area contributed by atoms with Crippen LogP contribution in [0.1, 0.15) is 17.7 Å². The van der Waals surface area contributed by atoms with E-state index < -0.39 is 39.0 Å². The monoisotopic (exact) mass is 583 g/mol. The number of hydrogen-bond acceptors (Lipinski definition) is 8. The summed E-state index contributed by atoms with van der Waals surface area (Å²) in [5.74, 6) is -1.06. The van der Waals surface area contributed by atoms with E-state index in [1.165, 1.54) is 12.1 Å². The van der Waals surface area contributed by atoms with Crippen LogP contribution in [0.2, 0.25) is 0 Å². The van der Waals surface area contributed by atoms with Gasteiger partial charge in [-0.2, -0.15) is 21.6 Å². The largest absolute Gasteiger partial charge is 0.534 e. The van der Waals surface area contributed by atoms with E-state index in [-0.39, 0.29) is 6.54 Å². The Morgan fingerprint density at radius 3 is 2.58 bits per heavy atom. The van der Waals surface area contributed by atoms with E-state index in [0.717, 1.165) is 23.1 Å². The van der Waals surface area contributed by atoms with Crippen molar-refractivity contribution >= 4 is 27.0 Å². The molecule has 0 saturated carbocycles. The molecule has 0 aliphatic carbocycles. The van der Waals surface area contributed by atoms with Crippen LogP contribution in [0.3, 0.4) is 0 Å². The number of aliphatic carboxylic acids is 1. The molecule has 1 spiro atoms. The zero-order chi connectivity index (χ0) is 28.7. The second-order valence-electron chi connectivity index (χ2n) is 9.94. The van der Waals surface area contributed by atoms with E-state index in [0.29, 0.717) is 56.5 Å². The predicted octanol–water partition coefficient (Wildman–Crippen LogP) is 2.68. The number of aliphatic hydroxyl groups is 1. The Kier molecular flexibility index (Phi) is 7.46. The number of rotatable bonds is 9. The fraction of sp³-hybridized carbons (Fsp3) is 0.423. The molecule has 1 aromatic heterocycles. The summed E-state index contributed by atoms with van der Waals surface area (Å²) in [4.78, 5) is 18.9. The lowest BCUT2D eigenvalue weighted by Crippen LogP contribution is -2.55. The minimum Gasteiger partial charge on any atom is -0.492 e. The number of carbonyl (C=O) groups is 1. The molecule has 2 aliphatic rings. The van der Waals surface area contributed by atoms with E-state index in [2.05, 4.69) is 14.1 Å². The zero-order valence-corrected chi connectivity index (χ0v) is 22.0. The van der Waals surface area contributed by atoms with Crippen molar-refractivity contribution in [1.82, 2.24) is 14.8 Å². The van der Waals surface area contributed by atoms with Crippen molar-refractivity contribution in [3.8, 4) is 11.5 Å². The van der Waals surface area contributed by atoms with Crippen molar-refractivity contribution in [3.63, 3.8) is 0 Å². The number of para-hydroxylation sites is 1. The average Bonchev–Trinajstić information content (AvgIpc) is 3.48. The Labute approximate surface area is 228 Å². The molecule has 5 rings (SSSR count). The van der Waals surface area contributed by atoms with Gasteiger partial charge in [0.25, 0.3) is 0 Å². The number of halogens is 3. The first kappa shape index (κ1) is 28.2. The summed E-state index contributed by atoms with van der Waals surface area (Å²) in [7, 11) is -5.83. The lowest BCUT2D eigenvalue weighted by atomic mass is 9.83. The fourth-order valence-electron chi connectivity index (χ4n) is 5.61. The summed E-state index contributed by atoms with van der Waals surface area (Å²) >= 11 is 0. The Balaban J connectivity index is 1.44. The van der Waals surface area contributed by atoms with Gasteiger partial charge in [-0.1, -0.05) is 18.2 Å². The molecule has 1 saturated heterocycles. The molecule has 0 bridgehead atoms. The second-order valence-corrected chi connectivity index (χ2v) is 11.5. The molecule has 3 heterocycles. The van der Waals surface area contributed by atoms with E-state index in [9.17, 15) is 36.6 Å². The van der Waals surface area contributed by atoms with Gasteiger partial charge < -0.3 is 24.1 Å². The number of aromatic nitrogens is 1. The maximum Gasteiger partial charge on any atom is 0.534 e. The van der Waals surface area contributed by atoms with Crippen molar-refractivity contribution in [3.05, 3.63) is 59.8 Å². The number of ether oxygens (including phenoxy) is 1. The average molecular weight is 584 g/mol. The predicted molar refractivity (Wildman–Crippen MR) is 137 cm³/mol. The third kappa shape index (κ3) is 5.36. The van der Waals surface area contributed by atoms with Crippen molar-refractivity contribution < 1.29 is 45.5 Å². The Hall–Kier alpha value is -3.33. The molecule has 0 amide bonds. The first-order chi connectivity index (χ1) is 18.9. The number of nitrogens with one attached hydrogen (secondary N) is 1. The Bertz CT molecular complexity index is 1500. The number of carboxylic acids is 1. The van der Waals surface area contributed by atoms with Gasteiger partial charge in [0.1, 0.15) is 18.1 Å². The highest BCUT2D eigenvalue weighted by molar-refractivity contribution is 7.88. The van der Waals surface area contributed by atoms with Crippen molar-refractivity contribution in [2.75, 3.05) is 39.3 Å². The molecule has 3 aromatic rings. The van der Waals surface area contributed by atoms with E-state index >= 15 is 0 Å². The lowest BCUT2D eigenvalue weighted by Gasteiger charge is -2.45. The number of likely N-dealkylation sites (tertiary alicyclic amines) is 1.